The number of aryl methyl sites for hydroxylation is 3. The average molecular weight is 1100 g/mol. The molecule has 0 saturated heterocycles. The van der Waals surface area contributed by atoms with Gasteiger partial charge in [-0.05, 0) is 236 Å². The van der Waals surface area contributed by atoms with Gasteiger partial charge in [0.15, 0.2) is 0 Å². The summed E-state index contributed by atoms with van der Waals surface area (Å²) < 4.78 is 0. The fraction of sp³-hybridized carbons (Fsp3) is 0.350. The van der Waals surface area contributed by atoms with E-state index in [-0.39, 0.29) is 33.9 Å². The largest absolute Gasteiger partial charge is 0.376 e. The molecule has 0 spiro atoms. The first-order chi connectivity index (χ1) is 40.2. The van der Waals surface area contributed by atoms with Crippen molar-refractivity contribution >= 4 is 74.0 Å². The van der Waals surface area contributed by atoms with Crippen LogP contribution in [0.15, 0.2) is 164 Å². The highest BCUT2D eigenvalue weighted by atomic mass is 15.2. The summed E-state index contributed by atoms with van der Waals surface area (Å²) >= 11 is 0. The first-order valence-electron chi connectivity index (χ1n) is 32.1. The molecule has 0 amide bonds. The van der Waals surface area contributed by atoms with E-state index in [1.807, 2.05) is 0 Å². The summed E-state index contributed by atoms with van der Waals surface area (Å²) in [5.74, 6) is 0. The number of hydrogen-bond acceptors (Lipinski definition) is 3. The summed E-state index contributed by atoms with van der Waals surface area (Å²) in [4.78, 5) is 8.06. The molecular formula is C80H86BN3. The summed E-state index contributed by atoms with van der Waals surface area (Å²) in [6, 6.07) is 65.3. The molecule has 0 radical (unpaired) electrons. The van der Waals surface area contributed by atoms with Crippen molar-refractivity contribution in [3.8, 4) is 22.3 Å². The van der Waals surface area contributed by atoms with Gasteiger partial charge in [-0.3, -0.25) is 0 Å². The van der Waals surface area contributed by atoms with Gasteiger partial charge in [-0.1, -0.05) is 187 Å². The van der Waals surface area contributed by atoms with Crippen LogP contribution in [0.3, 0.4) is 0 Å². The molecule has 0 aromatic heterocycles. The minimum atomic E-state index is -0.326. The van der Waals surface area contributed by atoms with Gasteiger partial charge in [-0.15, -0.1) is 0 Å². The van der Waals surface area contributed by atoms with E-state index < -0.39 is 0 Å². The third-order valence-electron chi connectivity index (χ3n) is 21.4. The molecule has 2 aliphatic heterocycles. The maximum Gasteiger partial charge on any atom is 0.333 e. The Balaban J connectivity index is 1.09. The normalized spacial score (nSPS) is 17.6. The third kappa shape index (κ3) is 8.41. The Morgan fingerprint density at radius 1 is 0.440 bits per heavy atom. The molecule has 0 unspecified atom stereocenters. The number of unbranched alkanes of at least 4 members (excludes halogenated alkanes) is 2. The van der Waals surface area contributed by atoms with Crippen LogP contribution in [0, 0.1) is 6.92 Å². The van der Waals surface area contributed by atoms with Crippen LogP contribution >= 0.6 is 0 Å². The molecule has 3 nitrogen and oxygen atoms in total. The monoisotopic (exact) mass is 1100 g/mol. The van der Waals surface area contributed by atoms with Crippen molar-refractivity contribution < 1.29 is 0 Å². The highest BCUT2D eigenvalue weighted by Gasteiger charge is 2.52. The predicted molar refractivity (Wildman–Crippen MR) is 362 cm³/mol. The number of nitrogens with zero attached hydrogens (tertiary/aromatic N) is 3. The minimum Gasteiger partial charge on any atom is -0.376 e. The summed E-state index contributed by atoms with van der Waals surface area (Å²) in [6.07, 6.45) is 11.7. The van der Waals surface area contributed by atoms with E-state index in [0.29, 0.717) is 0 Å². The van der Waals surface area contributed by atoms with Crippen molar-refractivity contribution in [2.24, 2.45) is 0 Å². The van der Waals surface area contributed by atoms with Crippen LogP contribution in [0.5, 0.6) is 0 Å². The van der Waals surface area contributed by atoms with E-state index in [4.69, 9.17) is 0 Å². The number of rotatable bonds is 11. The summed E-state index contributed by atoms with van der Waals surface area (Å²) in [5, 5.41) is 2.55. The lowest BCUT2D eigenvalue weighted by Gasteiger charge is -2.48. The summed E-state index contributed by atoms with van der Waals surface area (Å²) in [6.45, 7) is 31.8. The first-order valence-corrected chi connectivity index (χ1v) is 32.1. The molecule has 84 heavy (non-hydrogen) atoms. The Labute approximate surface area is 503 Å². The molecule has 9 aromatic carbocycles. The lowest BCUT2D eigenvalue weighted by atomic mass is 9.41. The van der Waals surface area contributed by atoms with E-state index in [2.05, 4.69) is 268 Å². The molecule has 0 bridgehead atoms. The average Bonchev–Trinajstić information content (AvgIpc) is 1.22. The van der Waals surface area contributed by atoms with Crippen LogP contribution in [0.1, 0.15) is 185 Å². The van der Waals surface area contributed by atoms with Gasteiger partial charge in [0.25, 0.3) is 0 Å². The fourth-order valence-electron chi connectivity index (χ4n) is 16.2. The molecule has 14 rings (SSSR count). The van der Waals surface area contributed by atoms with E-state index in [1.54, 1.807) is 0 Å². The molecule has 2 heterocycles. The number of benzene rings is 9. The molecular weight excluding hydrogens is 1010 g/mol. The second kappa shape index (κ2) is 19.6. The lowest BCUT2D eigenvalue weighted by Crippen LogP contribution is -2.63. The van der Waals surface area contributed by atoms with Gasteiger partial charge >= 0.3 is 6.85 Å². The molecule has 3 aliphatic carbocycles. The smallest absolute Gasteiger partial charge is 0.333 e. The van der Waals surface area contributed by atoms with Crippen molar-refractivity contribution in [2.75, 3.05) is 14.6 Å². The van der Waals surface area contributed by atoms with Crippen LogP contribution in [0.4, 0.5) is 45.5 Å². The molecule has 5 aliphatic rings. The van der Waals surface area contributed by atoms with Gasteiger partial charge in [0.2, 0.25) is 0 Å². The zero-order chi connectivity index (χ0) is 58.4. The lowest BCUT2D eigenvalue weighted by molar-refractivity contribution is 0.331. The quantitative estimate of drug-likeness (QED) is 0.120. The second-order valence-corrected chi connectivity index (χ2v) is 29.1. The topological polar surface area (TPSA) is 9.72 Å². The van der Waals surface area contributed by atoms with Crippen molar-refractivity contribution in [1.82, 2.24) is 0 Å². The Bertz CT molecular complexity index is 4050. The zero-order valence-electron chi connectivity index (χ0n) is 52.6. The van der Waals surface area contributed by atoms with Crippen molar-refractivity contribution in [3.05, 3.63) is 214 Å². The van der Waals surface area contributed by atoms with Gasteiger partial charge in [0.05, 0.1) is 5.69 Å². The molecule has 0 N–H and O–H groups in total. The minimum absolute atomic E-state index is 0.0255. The van der Waals surface area contributed by atoms with Crippen LogP contribution in [-0.2, 0) is 39.9 Å². The Morgan fingerprint density at radius 3 is 1.58 bits per heavy atom. The molecule has 0 atom stereocenters. The van der Waals surface area contributed by atoms with E-state index in [9.17, 15) is 0 Å². The Morgan fingerprint density at radius 2 is 0.976 bits per heavy atom. The number of hydrogen-bond donors (Lipinski definition) is 0. The number of fused-ring (bicyclic) bond motifs is 12. The fourth-order valence-corrected chi connectivity index (χ4v) is 16.2. The van der Waals surface area contributed by atoms with Crippen LogP contribution < -0.4 is 25.5 Å². The van der Waals surface area contributed by atoms with Gasteiger partial charge in [0.1, 0.15) is 0 Å². The van der Waals surface area contributed by atoms with Crippen molar-refractivity contribution in [3.63, 3.8) is 0 Å². The van der Waals surface area contributed by atoms with Crippen LogP contribution in [0.2, 0.25) is 0 Å². The molecule has 9 aromatic rings. The van der Waals surface area contributed by atoms with Crippen molar-refractivity contribution in [2.45, 2.75) is 181 Å². The second-order valence-electron chi connectivity index (χ2n) is 29.1. The molecule has 0 fully saturated rings. The standard InChI is InChI=1S/C80H86BN3/c1-14-16-23-52-29-33-55(34-30-52)82(56-35-31-53(32-36-56)24-17-15-2)58-37-38-60-63-46-54-25-21-22-28-59(54)75-73(63)81(84(71(60)47-58)57-26-19-18-20-27-57)74-69(83(75)70-50-68-65(45-51(70)3)76(4,5)41-44-79(68,10)11)40-39-61-62-48-66-67(49-64(62)80(12,13)72(61)74)78(8,9)43-42-77(66,6)7/h18-22,25-40,45-50H,14-17,23-24,41-44H2,1-13H3. The first kappa shape index (κ1) is 54.6. The molecule has 0 saturated carbocycles. The third-order valence-corrected chi connectivity index (χ3v) is 21.4. The maximum absolute atomic E-state index is 2.78. The van der Waals surface area contributed by atoms with Gasteiger partial charge < -0.3 is 14.6 Å². The Hall–Kier alpha value is -7.30. The highest BCUT2D eigenvalue weighted by Crippen LogP contribution is 2.59. The summed E-state index contributed by atoms with van der Waals surface area (Å²) in [7, 11) is 0. The van der Waals surface area contributed by atoms with Crippen molar-refractivity contribution in [1.29, 1.82) is 0 Å². The molecule has 424 valence electrons. The van der Waals surface area contributed by atoms with Gasteiger partial charge in [0, 0.05) is 56.2 Å². The number of anilines is 8. The van der Waals surface area contributed by atoms with Gasteiger partial charge in [-0.25, -0.2) is 0 Å². The Kier molecular flexibility index (Phi) is 12.8. The SMILES string of the molecule is CCCCc1ccc(N(c2ccc(CCCC)cc2)c2ccc3c(c2)N(c2ccccc2)B2c4c(ccc5c4C(C)(C)c4cc6c(cc4-5)C(C)(C)CCC6(C)C)N(c4cc5c(cc4C)C(C)(C)CCC5(C)C)c4c2c-3cc2ccccc42)cc1. The van der Waals surface area contributed by atoms with E-state index >= 15 is 0 Å². The summed E-state index contributed by atoms with van der Waals surface area (Å²) in [5.41, 5.74) is 30.9. The molecule has 4 heteroatoms. The maximum atomic E-state index is 2.78. The van der Waals surface area contributed by atoms with E-state index in [0.717, 1.165) is 24.9 Å². The van der Waals surface area contributed by atoms with Crippen LogP contribution in [0.25, 0.3) is 33.0 Å². The van der Waals surface area contributed by atoms with Gasteiger partial charge in [-0.2, -0.15) is 0 Å². The zero-order valence-corrected chi connectivity index (χ0v) is 52.6. The predicted octanol–water partition coefficient (Wildman–Crippen LogP) is 21.0. The van der Waals surface area contributed by atoms with Crippen LogP contribution in [-0.4, -0.2) is 6.85 Å². The number of para-hydroxylation sites is 1. The van der Waals surface area contributed by atoms with E-state index in [1.165, 1.54) is 179 Å². The highest BCUT2D eigenvalue weighted by molar-refractivity contribution is 6.94.